The first-order chi connectivity index (χ1) is 11.2. The van der Waals surface area contributed by atoms with Crippen LogP contribution in [0.25, 0.3) is 0 Å². The minimum Gasteiger partial charge on any atom is -0.491 e. The van der Waals surface area contributed by atoms with Crippen LogP contribution in [-0.4, -0.2) is 56.1 Å². The molecule has 2 heterocycles. The zero-order chi connectivity index (χ0) is 16.1. The average Bonchev–Trinajstić information content (AvgIpc) is 3.22. The second-order valence-corrected chi connectivity index (χ2v) is 6.17. The number of nitrogens with one attached hydrogen (secondary N) is 2. The Morgan fingerprint density at radius 3 is 3.09 bits per heavy atom. The van der Waals surface area contributed by atoms with Gasteiger partial charge in [0.1, 0.15) is 12.4 Å². The zero-order valence-corrected chi connectivity index (χ0v) is 13.2. The highest BCUT2D eigenvalue weighted by Gasteiger charge is 2.25. The first-order valence-corrected chi connectivity index (χ1v) is 8.24. The van der Waals surface area contributed by atoms with Crippen LogP contribution in [0, 0.1) is 5.92 Å². The van der Waals surface area contributed by atoms with Crippen LogP contribution in [0.3, 0.4) is 0 Å². The monoisotopic (exact) mass is 320 g/mol. The summed E-state index contributed by atoms with van der Waals surface area (Å²) in [6.45, 7) is 3.11. The van der Waals surface area contributed by atoms with Crippen LogP contribution in [0.15, 0.2) is 24.3 Å². The van der Waals surface area contributed by atoms with Crippen molar-refractivity contribution in [2.45, 2.75) is 25.0 Å². The van der Waals surface area contributed by atoms with E-state index in [0.29, 0.717) is 31.0 Å². The van der Waals surface area contributed by atoms with Gasteiger partial charge in [-0.05, 0) is 31.0 Å². The summed E-state index contributed by atoms with van der Waals surface area (Å²) in [6, 6.07) is 7.16. The van der Waals surface area contributed by atoms with Gasteiger partial charge in [-0.15, -0.1) is 0 Å². The lowest BCUT2D eigenvalue weighted by Crippen LogP contribution is -2.34. The summed E-state index contributed by atoms with van der Waals surface area (Å²) in [5.41, 5.74) is 0.565. The summed E-state index contributed by atoms with van der Waals surface area (Å²) in [7, 11) is 0. The van der Waals surface area contributed by atoms with Crippen molar-refractivity contribution in [3.63, 3.8) is 0 Å². The third-order valence-corrected chi connectivity index (χ3v) is 4.39. The fourth-order valence-corrected chi connectivity index (χ4v) is 2.95. The predicted octanol–water partition coefficient (Wildman–Crippen LogP) is 0.555. The lowest BCUT2D eigenvalue weighted by Gasteiger charge is -2.15. The smallest absolute Gasteiger partial charge is 0.251 e. The highest BCUT2D eigenvalue weighted by atomic mass is 16.5. The van der Waals surface area contributed by atoms with Crippen molar-refractivity contribution < 1.29 is 19.4 Å². The molecule has 2 fully saturated rings. The molecule has 126 valence electrons. The van der Waals surface area contributed by atoms with E-state index in [-0.39, 0.29) is 17.9 Å². The summed E-state index contributed by atoms with van der Waals surface area (Å²) < 4.78 is 11.2. The van der Waals surface area contributed by atoms with Crippen LogP contribution in [0.1, 0.15) is 23.2 Å². The molecule has 0 aliphatic carbocycles. The third kappa shape index (κ3) is 4.43. The molecule has 2 aliphatic rings. The average molecular weight is 320 g/mol. The Kier molecular flexibility index (Phi) is 5.48. The number of rotatable bonds is 6. The van der Waals surface area contributed by atoms with E-state index in [1.165, 1.54) is 0 Å². The summed E-state index contributed by atoms with van der Waals surface area (Å²) in [5, 5.41) is 15.7. The Bertz CT molecular complexity index is 531. The molecule has 3 N–H and O–H groups in total. The molecule has 1 aromatic rings. The van der Waals surface area contributed by atoms with Crippen molar-refractivity contribution in [3.05, 3.63) is 29.8 Å². The Balaban J connectivity index is 1.50. The maximum absolute atomic E-state index is 12.2. The Morgan fingerprint density at radius 1 is 1.43 bits per heavy atom. The van der Waals surface area contributed by atoms with Gasteiger partial charge in [-0.25, -0.2) is 0 Å². The molecule has 6 nitrogen and oxygen atoms in total. The fraction of sp³-hybridized carbons (Fsp3) is 0.588. The molecule has 1 amide bonds. The van der Waals surface area contributed by atoms with Gasteiger partial charge in [-0.1, -0.05) is 6.07 Å². The van der Waals surface area contributed by atoms with E-state index < -0.39 is 6.10 Å². The summed E-state index contributed by atoms with van der Waals surface area (Å²) in [5.74, 6) is 0.597. The number of hydrogen-bond donors (Lipinski definition) is 3. The van der Waals surface area contributed by atoms with E-state index in [2.05, 4.69) is 10.6 Å². The molecule has 3 atom stereocenters. The predicted molar refractivity (Wildman–Crippen MR) is 85.6 cm³/mol. The quantitative estimate of drug-likeness (QED) is 0.713. The first-order valence-electron chi connectivity index (χ1n) is 8.24. The van der Waals surface area contributed by atoms with Crippen molar-refractivity contribution in [1.29, 1.82) is 0 Å². The number of ether oxygens (including phenoxy) is 2. The standard InChI is InChI=1S/C17H24N2O4/c20-16-10-18-8-13(16)9-19-17(21)12-3-1-4-14(7-12)23-11-15-5-2-6-22-15/h1,3-4,7,13,15-16,18,20H,2,5-6,8-11H2,(H,19,21). The number of benzene rings is 1. The lowest BCUT2D eigenvalue weighted by atomic mass is 10.1. The maximum atomic E-state index is 12.2. The fourth-order valence-electron chi connectivity index (χ4n) is 2.95. The Morgan fingerprint density at radius 2 is 2.35 bits per heavy atom. The summed E-state index contributed by atoms with van der Waals surface area (Å²) >= 11 is 0. The molecule has 3 unspecified atom stereocenters. The van der Waals surface area contributed by atoms with Crippen molar-refractivity contribution in [2.75, 3.05) is 32.8 Å². The molecule has 0 saturated carbocycles. The van der Waals surface area contributed by atoms with Crippen molar-refractivity contribution >= 4 is 5.91 Å². The first kappa shape index (κ1) is 16.2. The molecule has 0 spiro atoms. The molecule has 2 aliphatic heterocycles. The number of β-amino-alcohol motifs (C(OH)–C–C–N with tert-alkyl or cyclic N) is 1. The van der Waals surface area contributed by atoms with Gasteiger partial charge < -0.3 is 25.2 Å². The number of aliphatic hydroxyl groups excluding tert-OH is 1. The molecule has 6 heteroatoms. The van der Waals surface area contributed by atoms with Crippen LogP contribution in [0.2, 0.25) is 0 Å². The molecule has 0 bridgehead atoms. The second-order valence-electron chi connectivity index (χ2n) is 6.17. The van der Waals surface area contributed by atoms with E-state index in [4.69, 9.17) is 9.47 Å². The van der Waals surface area contributed by atoms with E-state index in [1.54, 1.807) is 12.1 Å². The Hall–Kier alpha value is -1.63. The number of amides is 1. The van der Waals surface area contributed by atoms with E-state index in [0.717, 1.165) is 26.0 Å². The van der Waals surface area contributed by atoms with Gasteiger partial charge in [0.05, 0.1) is 12.2 Å². The molecular formula is C17H24N2O4. The molecule has 0 radical (unpaired) electrons. The summed E-state index contributed by atoms with van der Waals surface area (Å²) in [4.78, 5) is 12.2. The molecule has 0 aromatic heterocycles. The topological polar surface area (TPSA) is 79.8 Å². The van der Waals surface area contributed by atoms with Gasteiger partial charge >= 0.3 is 0 Å². The molecule has 2 saturated heterocycles. The zero-order valence-electron chi connectivity index (χ0n) is 13.2. The molecule has 23 heavy (non-hydrogen) atoms. The van der Waals surface area contributed by atoms with E-state index >= 15 is 0 Å². The van der Waals surface area contributed by atoms with Crippen LogP contribution in [-0.2, 0) is 4.74 Å². The molecule has 1 aromatic carbocycles. The number of carbonyl (C=O) groups is 1. The largest absolute Gasteiger partial charge is 0.491 e. The number of aliphatic hydroxyl groups is 1. The van der Waals surface area contributed by atoms with E-state index in [9.17, 15) is 9.90 Å². The number of hydrogen-bond acceptors (Lipinski definition) is 5. The summed E-state index contributed by atoms with van der Waals surface area (Å²) in [6.07, 6.45) is 1.87. The normalized spacial score (nSPS) is 27.1. The molecule has 3 rings (SSSR count). The van der Waals surface area contributed by atoms with Crippen LogP contribution >= 0.6 is 0 Å². The van der Waals surface area contributed by atoms with Gasteiger partial charge in [0, 0.05) is 37.7 Å². The molecular weight excluding hydrogens is 296 g/mol. The minimum absolute atomic E-state index is 0.0675. The third-order valence-electron chi connectivity index (χ3n) is 4.39. The van der Waals surface area contributed by atoms with Crippen LogP contribution < -0.4 is 15.4 Å². The minimum atomic E-state index is -0.392. The highest BCUT2D eigenvalue weighted by Crippen LogP contribution is 2.17. The van der Waals surface area contributed by atoms with E-state index in [1.807, 2.05) is 12.1 Å². The van der Waals surface area contributed by atoms with Crippen molar-refractivity contribution in [2.24, 2.45) is 5.92 Å². The maximum Gasteiger partial charge on any atom is 0.251 e. The van der Waals surface area contributed by atoms with Gasteiger partial charge in [-0.2, -0.15) is 0 Å². The SMILES string of the molecule is O=C(NCC1CNCC1O)c1cccc(OCC2CCCO2)c1. The van der Waals surface area contributed by atoms with Crippen molar-refractivity contribution in [1.82, 2.24) is 10.6 Å². The van der Waals surface area contributed by atoms with Crippen LogP contribution in [0.5, 0.6) is 5.75 Å². The van der Waals surface area contributed by atoms with Gasteiger partial charge in [0.2, 0.25) is 0 Å². The van der Waals surface area contributed by atoms with Crippen LogP contribution in [0.4, 0.5) is 0 Å². The van der Waals surface area contributed by atoms with Crippen molar-refractivity contribution in [3.8, 4) is 5.75 Å². The Labute approximate surface area is 136 Å². The highest BCUT2D eigenvalue weighted by molar-refractivity contribution is 5.94. The lowest BCUT2D eigenvalue weighted by molar-refractivity contribution is 0.0679. The van der Waals surface area contributed by atoms with Gasteiger partial charge in [0.15, 0.2) is 0 Å². The number of carbonyl (C=O) groups excluding carboxylic acids is 1. The van der Waals surface area contributed by atoms with Gasteiger partial charge in [-0.3, -0.25) is 4.79 Å². The second kappa shape index (κ2) is 7.77. The van der Waals surface area contributed by atoms with Gasteiger partial charge in [0.25, 0.3) is 5.91 Å².